The monoisotopic (exact) mass is 316 g/mol. The normalized spacial score (nSPS) is 14.6. The fourth-order valence-electron chi connectivity index (χ4n) is 2.48. The van der Waals surface area contributed by atoms with E-state index in [1.54, 1.807) is 0 Å². The maximum absolute atomic E-state index is 6.38. The van der Waals surface area contributed by atoms with Crippen molar-refractivity contribution in [3.05, 3.63) is 33.8 Å². The van der Waals surface area contributed by atoms with E-state index in [2.05, 4.69) is 25.7 Å². The third-order valence-electron chi connectivity index (χ3n) is 3.89. The van der Waals surface area contributed by atoms with E-state index in [0.29, 0.717) is 22.6 Å². The first kappa shape index (κ1) is 17.8. The van der Waals surface area contributed by atoms with Crippen LogP contribution in [0.3, 0.4) is 0 Å². The molecule has 0 radical (unpaired) electrons. The molecule has 2 N–H and O–H groups in total. The van der Waals surface area contributed by atoms with Crippen molar-refractivity contribution in [3.8, 4) is 0 Å². The molecule has 0 saturated heterocycles. The number of unbranched alkanes of at least 4 members (excludes halogenated alkanes) is 1. The standard InChI is InChI=1S/C16H26Cl2N2/c1-4-6-10-20(12(3)5-2)15(11-19)13-8-7-9-14(17)16(13)18/h7-9,12,15H,4-6,10-11,19H2,1-3H3. The van der Waals surface area contributed by atoms with Gasteiger partial charge in [-0.1, -0.05) is 55.6 Å². The van der Waals surface area contributed by atoms with Gasteiger partial charge in [-0.05, 0) is 37.9 Å². The zero-order valence-corrected chi connectivity index (χ0v) is 14.2. The van der Waals surface area contributed by atoms with Gasteiger partial charge in [-0.2, -0.15) is 0 Å². The van der Waals surface area contributed by atoms with Crippen LogP contribution in [0.4, 0.5) is 0 Å². The Morgan fingerprint density at radius 1 is 1.25 bits per heavy atom. The molecular weight excluding hydrogens is 291 g/mol. The third kappa shape index (κ3) is 4.36. The summed E-state index contributed by atoms with van der Waals surface area (Å²) in [7, 11) is 0. The Labute approximate surface area is 133 Å². The Morgan fingerprint density at radius 3 is 2.50 bits per heavy atom. The van der Waals surface area contributed by atoms with Gasteiger partial charge in [0, 0.05) is 18.6 Å². The second-order valence-corrected chi connectivity index (χ2v) is 6.03. The van der Waals surface area contributed by atoms with E-state index in [1.165, 1.54) is 12.8 Å². The van der Waals surface area contributed by atoms with Gasteiger partial charge in [-0.25, -0.2) is 0 Å². The van der Waals surface area contributed by atoms with Gasteiger partial charge in [0.2, 0.25) is 0 Å². The second-order valence-electron chi connectivity index (χ2n) is 5.24. The van der Waals surface area contributed by atoms with E-state index in [-0.39, 0.29) is 6.04 Å². The highest BCUT2D eigenvalue weighted by atomic mass is 35.5. The van der Waals surface area contributed by atoms with E-state index < -0.39 is 0 Å². The van der Waals surface area contributed by atoms with Crippen molar-refractivity contribution in [1.29, 1.82) is 0 Å². The quantitative estimate of drug-likeness (QED) is 0.739. The summed E-state index contributed by atoms with van der Waals surface area (Å²) >= 11 is 12.5. The lowest BCUT2D eigenvalue weighted by molar-refractivity contribution is 0.141. The SMILES string of the molecule is CCCCN(C(C)CC)C(CN)c1cccc(Cl)c1Cl. The maximum Gasteiger partial charge on any atom is 0.0640 e. The molecule has 0 aromatic heterocycles. The highest BCUT2D eigenvalue weighted by Gasteiger charge is 2.25. The zero-order valence-electron chi connectivity index (χ0n) is 12.7. The molecule has 0 heterocycles. The van der Waals surface area contributed by atoms with Crippen LogP contribution >= 0.6 is 23.2 Å². The number of hydrogen-bond donors (Lipinski definition) is 1. The van der Waals surface area contributed by atoms with Crippen molar-refractivity contribution >= 4 is 23.2 Å². The lowest BCUT2D eigenvalue weighted by Crippen LogP contribution is -2.40. The van der Waals surface area contributed by atoms with Crippen LogP contribution in [0.15, 0.2) is 18.2 Å². The van der Waals surface area contributed by atoms with E-state index >= 15 is 0 Å². The molecule has 114 valence electrons. The Balaban J connectivity index is 3.08. The van der Waals surface area contributed by atoms with Gasteiger partial charge in [-0.15, -0.1) is 0 Å². The molecule has 1 aromatic carbocycles. The molecule has 0 spiro atoms. The molecule has 2 nitrogen and oxygen atoms in total. The maximum atomic E-state index is 6.38. The minimum Gasteiger partial charge on any atom is -0.329 e. The first-order valence-corrected chi connectivity index (χ1v) is 8.22. The molecule has 0 fully saturated rings. The average molecular weight is 317 g/mol. The van der Waals surface area contributed by atoms with E-state index in [0.717, 1.165) is 18.5 Å². The summed E-state index contributed by atoms with van der Waals surface area (Å²) in [4.78, 5) is 2.46. The van der Waals surface area contributed by atoms with E-state index in [1.807, 2.05) is 18.2 Å². The lowest BCUT2D eigenvalue weighted by Gasteiger charge is -2.36. The highest BCUT2D eigenvalue weighted by Crippen LogP contribution is 2.33. The molecular formula is C16H26Cl2N2. The molecule has 2 atom stereocenters. The van der Waals surface area contributed by atoms with Crippen molar-refractivity contribution in [3.63, 3.8) is 0 Å². The molecule has 0 bridgehead atoms. The topological polar surface area (TPSA) is 29.3 Å². The van der Waals surface area contributed by atoms with Crippen molar-refractivity contribution in [1.82, 2.24) is 4.90 Å². The smallest absolute Gasteiger partial charge is 0.0640 e. The van der Waals surface area contributed by atoms with Crippen molar-refractivity contribution in [2.75, 3.05) is 13.1 Å². The minimum absolute atomic E-state index is 0.127. The van der Waals surface area contributed by atoms with Crippen molar-refractivity contribution in [2.24, 2.45) is 5.73 Å². The molecule has 4 heteroatoms. The summed E-state index contributed by atoms with van der Waals surface area (Å²) in [5.41, 5.74) is 7.09. The summed E-state index contributed by atoms with van der Waals surface area (Å²) in [5, 5.41) is 1.23. The van der Waals surface area contributed by atoms with Crippen LogP contribution in [-0.4, -0.2) is 24.0 Å². The number of benzene rings is 1. The van der Waals surface area contributed by atoms with E-state index in [4.69, 9.17) is 28.9 Å². The number of nitrogens with zero attached hydrogens (tertiary/aromatic N) is 1. The van der Waals surface area contributed by atoms with Crippen molar-refractivity contribution in [2.45, 2.75) is 52.1 Å². The van der Waals surface area contributed by atoms with Crippen LogP contribution in [-0.2, 0) is 0 Å². The van der Waals surface area contributed by atoms with Crippen molar-refractivity contribution < 1.29 is 0 Å². The zero-order chi connectivity index (χ0) is 15.1. The number of halogens is 2. The van der Waals surface area contributed by atoms with Gasteiger partial charge in [-0.3, -0.25) is 4.90 Å². The third-order valence-corrected chi connectivity index (χ3v) is 4.72. The molecule has 1 rings (SSSR count). The van der Waals surface area contributed by atoms with Gasteiger partial charge >= 0.3 is 0 Å². The molecule has 2 unspecified atom stereocenters. The number of rotatable bonds is 8. The molecule has 0 amide bonds. The van der Waals surface area contributed by atoms with Gasteiger partial charge in [0.1, 0.15) is 0 Å². The average Bonchev–Trinajstić information content (AvgIpc) is 2.46. The van der Waals surface area contributed by atoms with Crippen LogP contribution in [0.2, 0.25) is 10.0 Å². The fourth-order valence-corrected chi connectivity index (χ4v) is 2.91. The number of hydrogen-bond acceptors (Lipinski definition) is 2. The predicted octanol–water partition coefficient (Wildman–Crippen LogP) is 4.89. The van der Waals surface area contributed by atoms with Gasteiger partial charge < -0.3 is 5.73 Å². The number of nitrogens with two attached hydrogens (primary N) is 1. The summed E-state index contributed by atoms with van der Waals surface area (Å²) in [5.74, 6) is 0. The molecule has 0 aliphatic carbocycles. The molecule has 20 heavy (non-hydrogen) atoms. The summed E-state index contributed by atoms with van der Waals surface area (Å²) in [6, 6.07) is 6.40. The van der Waals surface area contributed by atoms with Crippen LogP contribution < -0.4 is 5.73 Å². The van der Waals surface area contributed by atoms with Gasteiger partial charge in [0.15, 0.2) is 0 Å². The summed E-state index contributed by atoms with van der Waals surface area (Å²) in [6.07, 6.45) is 3.44. The summed E-state index contributed by atoms with van der Waals surface area (Å²) in [6.45, 7) is 8.25. The molecule has 0 aliphatic rings. The van der Waals surface area contributed by atoms with Crippen LogP contribution in [0.1, 0.15) is 51.6 Å². The van der Waals surface area contributed by atoms with Crippen LogP contribution in [0, 0.1) is 0 Å². The first-order chi connectivity index (χ1) is 9.56. The fraction of sp³-hybridized carbons (Fsp3) is 0.625. The lowest BCUT2D eigenvalue weighted by atomic mass is 10.0. The Bertz CT molecular complexity index is 409. The van der Waals surface area contributed by atoms with Gasteiger partial charge in [0.05, 0.1) is 10.0 Å². The second kappa shape index (κ2) is 8.89. The molecule has 1 aromatic rings. The largest absolute Gasteiger partial charge is 0.329 e. The van der Waals surface area contributed by atoms with Crippen LogP contribution in [0.5, 0.6) is 0 Å². The summed E-state index contributed by atoms with van der Waals surface area (Å²) < 4.78 is 0. The van der Waals surface area contributed by atoms with E-state index in [9.17, 15) is 0 Å². The Morgan fingerprint density at radius 2 is 1.95 bits per heavy atom. The minimum atomic E-state index is 0.127. The van der Waals surface area contributed by atoms with Gasteiger partial charge in [0.25, 0.3) is 0 Å². The molecule has 0 saturated carbocycles. The predicted molar refractivity (Wildman–Crippen MR) is 89.6 cm³/mol. The molecule has 0 aliphatic heterocycles. The van der Waals surface area contributed by atoms with Crippen LogP contribution in [0.25, 0.3) is 0 Å². The Hall–Kier alpha value is -0.280. The highest BCUT2D eigenvalue weighted by molar-refractivity contribution is 6.42. The Kier molecular flexibility index (Phi) is 7.90. The first-order valence-electron chi connectivity index (χ1n) is 7.46.